The van der Waals surface area contributed by atoms with Crippen molar-refractivity contribution in [2.45, 2.75) is 31.8 Å². The van der Waals surface area contributed by atoms with Crippen LogP contribution in [-0.2, 0) is 9.53 Å². The number of hydrogen-bond donors (Lipinski definition) is 2. The fourth-order valence-electron chi connectivity index (χ4n) is 3.23. The summed E-state index contributed by atoms with van der Waals surface area (Å²) in [5.41, 5.74) is 0.819. The number of nitrogens with one attached hydrogen (secondary N) is 2. The topological polar surface area (TPSA) is 70.7 Å². The Hall–Kier alpha value is -2.08. The van der Waals surface area contributed by atoms with Crippen molar-refractivity contribution in [1.82, 2.24) is 10.2 Å². The van der Waals surface area contributed by atoms with E-state index in [9.17, 15) is 9.59 Å². The normalized spacial score (nSPS) is 21.5. The van der Waals surface area contributed by atoms with Crippen molar-refractivity contribution < 1.29 is 14.3 Å². The molecule has 2 fully saturated rings. The van der Waals surface area contributed by atoms with Gasteiger partial charge in [-0.05, 0) is 37.8 Å². The van der Waals surface area contributed by atoms with Gasteiger partial charge in [0.25, 0.3) is 0 Å². The highest BCUT2D eigenvalue weighted by atomic mass is 16.5. The van der Waals surface area contributed by atoms with E-state index in [1.165, 1.54) is 0 Å². The molecule has 2 saturated heterocycles. The molecule has 3 rings (SSSR count). The lowest BCUT2D eigenvalue weighted by Crippen LogP contribution is -2.47. The highest BCUT2D eigenvalue weighted by Gasteiger charge is 2.27. The van der Waals surface area contributed by atoms with Crippen molar-refractivity contribution in [1.29, 1.82) is 0 Å². The zero-order chi connectivity index (χ0) is 16.8. The van der Waals surface area contributed by atoms with Crippen LogP contribution in [0.4, 0.5) is 10.5 Å². The van der Waals surface area contributed by atoms with Gasteiger partial charge in [-0.3, -0.25) is 4.79 Å². The minimum Gasteiger partial charge on any atom is -0.376 e. The van der Waals surface area contributed by atoms with Gasteiger partial charge in [-0.1, -0.05) is 18.2 Å². The SMILES string of the molecule is O=C(Nc1ccccc1)C1CCN(C(=O)NCC2CCCO2)CC1. The highest BCUT2D eigenvalue weighted by Crippen LogP contribution is 2.19. The fourth-order valence-corrected chi connectivity index (χ4v) is 3.23. The molecule has 1 unspecified atom stereocenters. The van der Waals surface area contributed by atoms with Gasteiger partial charge in [-0.15, -0.1) is 0 Å². The maximum atomic E-state index is 12.3. The Labute approximate surface area is 142 Å². The number of rotatable bonds is 4. The van der Waals surface area contributed by atoms with Gasteiger partial charge >= 0.3 is 6.03 Å². The number of amides is 3. The predicted molar refractivity (Wildman–Crippen MR) is 91.7 cm³/mol. The van der Waals surface area contributed by atoms with Crippen molar-refractivity contribution in [2.75, 3.05) is 31.6 Å². The molecule has 0 spiro atoms. The first-order chi connectivity index (χ1) is 11.7. The molecule has 1 atom stereocenters. The van der Waals surface area contributed by atoms with Gasteiger partial charge < -0.3 is 20.3 Å². The van der Waals surface area contributed by atoms with Crippen LogP contribution in [0, 0.1) is 5.92 Å². The summed E-state index contributed by atoms with van der Waals surface area (Å²) in [6, 6.07) is 9.43. The molecular formula is C18H25N3O3. The van der Waals surface area contributed by atoms with E-state index in [1.54, 1.807) is 4.90 Å². The number of ether oxygens (including phenoxy) is 1. The molecule has 2 aliphatic rings. The van der Waals surface area contributed by atoms with Gasteiger partial charge in [0, 0.05) is 37.8 Å². The third kappa shape index (κ3) is 4.47. The largest absolute Gasteiger partial charge is 0.376 e. The van der Waals surface area contributed by atoms with Crippen LogP contribution < -0.4 is 10.6 Å². The lowest BCUT2D eigenvalue weighted by atomic mass is 9.96. The van der Waals surface area contributed by atoms with Crippen LogP contribution in [0.15, 0.2) is 30.3 Å². The molecule has 2 heterocycles. The summed E-state index contributed by atoms with van der Waals surface area (Å²) < 4.78 is 5.51. The second-order valence-corrected chi connectivity index (χ2v) is 6.44. The van der Waals surface area contributed by atoms with Crippen molar-refractivity contribution in [2.24, 2.45) is 5.92 Å². The monoisotopic (exact) mass is 331 g/mol. The first-order valence-electron chi connectivity index (χ1n) is 8.72. The average Bonchev–Trinajstić information content (AvgIpc) is 3.14. The quantitative estimate of drug-likeness (QED) is 0.889. The molecule has 0 radical (unpaired) electrons. The summed E-state index contributed by atoms with van der Waals surface area (Å²) in [6.07, 6.45) is 3.64. The molecule has 1 aromatic carbocycles. The lowest BCUT2D eigenvalue weighted by Gasteiger charge is -2.31. The van der Waals surface area contributed by atoms with Crippen LogP contribution in [0.5, 0.6) is 0 Å². The van der Waals surface area contributed by atoms with E-state index in [0.29, 0.717) is 32.5 Å². The predicted octanol–water partition coefficient (Wildman–Crippen LogP) is 2.23. The first-order valence-corrected chi connectivity index (χ1v) is 8.72. The number of likely N-dealkylation sites (tertiary alicyclic amines) is 1. The summed E-state index contributed by atoms with van der Waals surface area (Å²) in [5, 5.41) is 5.88. The molecule has 6 nitrogen and oxygen atoms in total. The van der Waals surface area contributed by atoms with E-state index in [1.807, 2.05) is 30.3 Å². The van der Waals surface area contributed by atoms with Crippen LogP contribution in [0.3, 0.4) is 0 Å². The van der Waals surface area contributed by atoms with Gasteiger partial charge in [0.15, 0.2) is 0 Å². The molecule has 2 N–H and O–H groups in total. The zero-order valence-electron chi connectivity index (χ0n) is 13.9. The summed E-state index contributed by atoms with van der Waals surface area (Å²) in [7, 11) is 0. The van der Waals surface area contributed by atoms with E-state index in [4.69, 9.17) is 4.74 Å². The number of nitrogens with zero attached hydrogens (tertiary/aromatic N) is 1. The summed E-state index contributed by atoms with van der Waals surface area (Å²) in [5.74, 6) is 0.00744. The Balaban J connectivity index is 1.40. The molecule has 0 aliphatic carbocycles. The molecule has 3 amide bonds. The number of para-hydroxylation sites is 1. The number of benzene rings is 1. The smallest absolute Gasteiger partial charge is 0.317 e. The molecule has 130 valence electrons. The minimum absolute atomic E-state index is 0.0348. The maximum Gasteiger partial charge on any atom is 0.317 e. The Morgan fingerprint density at radius 3 is 2.54 bits per heavy atom. The Morgan fingerprint density at radius 1 is 1.12 bits per heavy atom. The van der Waals surface area contributed by atoms with Crippen LogP contribution in [0.1, 0.15) is 25.7 Å². The molecule has 0 bridgehead atoms. The second kappa shape index (κ2) is 8.15. The van der Waals surface area contributed by atoms with Gasteiger partial charge in [-0.25, -0.2) is 4.79 Å². The molecule has 24 heavy (non-hydrogen) atoms. The molecule has 0 saturated carbocycles. The summed E-state index contributed by atoms with van der Waals surface area (Å²) >= 11 is 0. The highest BCUT2D eigenvalue weighted by molar-refractivity contribution is 5.92. The van der Waals surface area contributed by atoms with E-state index >= 15 is 0 Å². The Morgan fingerprint density at radius 2 is 1.88 bits per heavy atom. The lowest BCUT2D eigenvalue weighted by molar-refractivity contribution is -0.121. The number of carbonyl (C=O) groups is 2. The average molecular weight is 331 g/mol. The molecule has 2 aliphatic heterocycles. The maximum absolute atomic E-state index is 12.3. The molecule has 1 aromatic rings. The standard InChI is InChI=1S/C18H25N3O3/c22-17(20-15-5-2-1-3-6-15)14-8-10-21(11-9-14)18(23)19-13-16-7-4-12-24-16/h1-3,5-6,14,16H,4,7-13H2,(H,19,23)(H,20,22). The third-order valence-electron chi connectivity index (χ3n) is 4.70. The second-order valence-electron chi connectivity index (χ2n) is 6.44. The molecular weight excluding hydrogens is 306 g/mol. The minimum atomic E-state index is -0.0487. The van der Waals surface area contributed by atoms with Crippen molar-refractivity contribution in [3.63, 3.8) is 0 Å². The summed E-state index contributed by atoms with van der Waals surface area (Å²) in [4.78, 5) is 26.3. The van der Waals surface area contributed by atoms with Crippen LogP contribution >= 0.6 is 0 Å². The van der Waals surface area contributed by atoms with E-state index in [0.717, 1.165) is 25.1 Å². The van der Waals surface area contributed by atoms with Crippen LogP contribution in [-0.4, -0.2) is 49.2 Å². The number of carbonyl (C=O) groups excluding carboxylic acids is 2. The number of piperidine rings is 1. The first kappa shape index (κ1) is 16.8. The molecule has 6 heteroatoms. The zero-order valence-corrected chi connectivity index (χ0v) is 13.9. The molecule has 0 aromatic heterocycles. The number of hydrogen-bond acceptors (Lipinski definition) is 3. The van der Waals surface area contributed by atoms with Crippen molar-refractivity contribution in [3.05, 3.63) is 30.3 Å². The fraction of sp³-hybridized carbons (Fsp3) is 0.556. The van der Waals surface area contributed by atoms with Gasteiger partial charge in [0.2, 0.25) is 5.91 Å². The number of urea groups is 1. The van der Waals surface area contributed by atoms with E-state index < -0.39 is 0 Å². The third-order valence-corrected chi connectivity index (χ3v) is 4.70. The summed E-state index contributed by atoms with van der Waals surface area (Å²) in [6.45, 7) is 2.60. The van der Waals surface area contributed by atoms with Gasteiger partial charge in [0.05, 0.1) is 6.10 Å². The Kier molecular flexibility index (Phi) is 5.69. The Bertz CT molecular complexity index is 550. The van der Waals surface area contributed by atoms with Crippen molar-refractivity contribution >= 4 is 17.6 Å². The number of anilines is 1. The van der Waals surface area contributed by atoms with Crippen LogP contribution in [0.25, 0.3) is 0 Å². The van der Waals surface area contributed by atoms with Crippen LogP contribution in [0.2, 0.25) is 0 Å². The van der Waals surface area contributed by atoms with E-state index in [2.05, 4.69) is 10.6 Å². The van der Waals surface area contributed by atoms with Gasteiger partial charge in [0.1, 0.15) is 0 Å². The van der Waals surface area contributed by atoms with Gasteiger partial charge in [-0.2, -0.15) is 0 Å². The van der Waals surface area contributed by atoms with E-state index in [-0.39, 0.29) is 24.0 Å². The van der Waals surface area contributed by atoms with Crippen molar-refractivity contribution in [3.8, 4) is 0 Å².